The highest BCUT2D eigenvalue weighted by Gasteiger charge is 2.46. The Morgan fingerprint density at radius 2 is 2.21 bits per heavy atom. The van der Waals surface area contributed by atoms with E-state index in [0.717, 1.165) is 6.42 Å². The van der Waals surface area contributed by atoms with Crippen LogP contribution < -0.4 is 5.32 Å². The van der Waals surface area contributed by atoms with E-state index in [-0.39, 0.29) is 5.56 Å². The van der Waals surface area contributed by atoms with Gasteiger partial charge in [0, 0.05) is 12.4 Å². The lowest BCUT2D eigenvalue weighted by Gasteiger charge is -2.38. The van der Waals surface area contributed by atoms with E-state index in [2.05, 4.69) is 15.4 Å². The van der Waals surface area contributed by atoms with E-state index in [1.165, 1.54) is 10.7 Å². The number of rotatable bonds is 3. The van der Waals surface area contributed by atoms with Crippen LogP contribution in [0, 0.1) is 0 Å². The average molecular weight is 260 g/mol. The summed E-state index contributed by atoms with van der Waals surface area (Å²) in [4.78, 5) is 27.5. The van der Waals surface area contributed by atoms with Crippen molar-refractivity contribution in [3.05, 3.63) is 30.2 Å². The van der Waals surface area contributed by atoms with Crippen LogP contribution in [0.5, 0.6) is 0 Å². The lowest BCUT2D eigenvalue weighted by molar-refractivity contribution is -0.148. The van der Waals surface area contributed by atoms with Crippen LogP contribution >= 0.6 is 0 Å². The Kier molecular flexibility index (Phi) is 2.48. The molecule has 1 saturated carbocycles. The molecule has 7 nitrogen and oxygen atoms in total. The maximum absolute atomic E-state index is 12.2. The minimum absolute atomic E-state index is 0.285. The van der Waals surface area contributed by atoms with Gasteiger partial charge in [-0.05, 0) is 25.3 Å². The molecule has 0 atom stereocenters. The molecule has 0 saturated heterocycles. The van der Waals surface area contributed by atoms with E-state index < -0.39 is 17.4 Å². The molecule has 2 heterocycles. The van der Waals surface area contributed by atoms with E-state index in [0.29, 0.717) is 18.5 Å². The van der Waals surface area contributed by atoms with Crippen molar-refractivity contribution in [2.24, 2.45) is 0 Å². The number of amides is 1. The summed E-state index contributed by atoms with van der Waals surface area (Å²) in [5.74, 6) is -1.44. The summed E-state index contributed by atoms with van der Waals surface area (Å²) in [5, 5.41) is 15.8. The van der Waals surface area contributed by atoms with Gasteiger partial charge in [-0.15, -0.1) is 0 Å². The molecule has 2 N–H and O–H groups in total. The number of nitrogens with one attached hydrogen (secondary N) is 1. The lowest BCUT2D eigenvalue weighted by atomic mass is 9.76. The number of fused-ring (bicyclic) bond motifs is 1. The lowest BCUT2D eigenvalue weighted by Crippen LogP contribution is -2.59. The minimum atomic E-state index is -1.12. The summed E-state index contributed by atoms with van der Waals surface area (Å²) in [5.41, 5.74) is -0.423. The molecule has 0 aromatic carbocycles. The Morgan fingerprint density at radius 3 is 2.84 bits per heavy atom. The first-order chi connectivity index (χ1) is 9.12. The topological polar surface area (TPSA) is 96.6 Å². The number of aromatic nitrogens is 3. The normalized spacial score (nSPS) is 16.8. The Morgan fingerprint density at radius 1 is 1.42 bits per heavy atom. The minimum Gasteiger partial charge on any atom is -0.480 e. The molecule has 98 valence electrons. The molecule has 0 bridgehead atoms. The van der Waals surface area contributed by atoms with Gasteiger partial charge in [-0.3, -0.25) is 4.79 Å². The van der Waals surface area contributed by atoms with Crippen LogP contribution in [0.1, 0.15) is 29.6 Å². The number of nitrogens with zero attached hydrogens (tertiary/aromatic N) is 3. The standard InChI is InChI=1S/C12H12N4O3/c17-10(15-12(11(18)19)3-1-4-12)8-7-14-16-6-2-5-13-9(8)16/h2,5-7H,1,3-4H2,(H,15,17)(H,18,19). The molecule has 1 fully saturated rings. The summed E-state index contributed by atoms with van der Waals surface area (Å²) in [7, 11) is 0. The smallest absolute Gasteiger partial charge is 0.329 e. The van der Waals surface area contributed by atoms with E-state index in [4.69, 9.17) is 0 Å². The Bertz CT molecular complexity index is 660. The van der Waals surface area contributed by atoms with Crippen LogP contribution in [0.4, 0.5) is 0 Å². The van der Waals surface area contributed by atoms with Crippen molar-refractivity contribution < 1.29 is 14.7 Å². The van der Waals surface area contributed by atoms with Crippen LogP contribution in [-0.2, 0) is 4.79 Å². The van der Waals surface area contributed by atoms with Crippen molar-refractivity contribution in [3.8, 4) is 0 Å². The molecule has 7 heteroatoms. The van der Waals surface area contributed by atoms with Crippen LogP contribution in [0.3, 0.4) is 0 Å². The molecule has 0 radical (unpaired) electrons. The highest BCUT2D eigenvalue weighted by atomic mass is 16.4. The van der Waals surface area contributed by atoms with Gasteiger partial charge >= 0.3 is 5.97 Å². The fourth-order valence-electron chi connectivity index (χ4n) is 2.19. The van der Waals surface area contributed by atoms with E-state index in [1.807, 2.05) is 0 Å². The van der Waals surface area contributed by atoms with Crippen LogP contribution in [0.25, 0.3) is 5.65 Å². The summed E-state index contributed by atoms with van der Waals surface area (Å²) in [6, 6.07) is 1.70. The molecule has 1 amide bonds. The molecule has 19 heavy (non-hydrogen) atoms. The largest absolute Gasteiger partial charge is 0.480 e. The van der Waals surface area contributed by atoms with Gasteiger partial charge in [0.2, 0.25) is 0 Å². The van der Waals surface area contributed by atoms with Gasteiger partial charge < -0.3 is 10.4 Å². The van der Waals surface area contributed by atoms with Crippen molar-refractivity contribution in [1.82, 2.24) is 19.9 Å². The number of carbonyl (C=O) groups is 2. The summed E-state index contributed by atoms with van der Waals surface area (Å²) in [6.07, 6.45) is 6.35. The quantitative estimate of drug-likeness (QED) is 0.836. The molecule has 0 spiro atoms. The zero-order valence-electron chi connectivity index (χ0n) is 10.0. The third-order valence-electron chi connectivity index (χ3n) is 3.49. The monoisotopic (exact) mass is 260 g/mol. The predicted molar refractivity (Wildman–Crippen MR) is 64.7 cm³/mol. The zero-order valence-corrected chi connectivity index (χ0v) is 10.0. The summed E-state index contributed by atoms with van der Waals surface area (Å²) in [6.45, 7) is 0. The van der Waals surface area contributed by atoms with Crippen molar-refractivity contribution in [3.63, 3.8) is 0 Å². The SMILES string of the molecule is O=C(NC1(C(=O)O)CCC1)c1cnn2cccnc12. The van der Waals surface area contributed by atoms with Gasteiger partial charge in [-0.25, -0.2) is 14.3 Å². The molecule has 1 aliphatic carbocycles. The van der Waals surface area contributed by atoms with Crippen molar-refractivity contribution in [2.75, 3.05) is 0 Å². The fourth-order valence-corrected chi connectivity index (χ4v) is 2.19. The highest BCUT2D eigenvalue weighted by Crippen LogP contribution is 2.32. The molecule has 2 aromatic rings. The number of carboxylic acids is 1. The third kappa shape index (κ3) is 1.74. The summed E-state index contributed by atoms with van der Waals surface area (Å²) >= 11 is 0. The zero-order chi connectivity index (χ0) is 13.5. The van der Waals surface area contributed by atoms with Crippen LogP contribution in [0.15, 0.2) is 24.7 Å². The van der Waals surface area contributed by atoms with Crippen LogP contribution in [0.2, 0.25) is 0 Å². The molecule has 3 rings (SSSR count). The molecule has 0 aliphatic heterocycles. The Balaban J connectivity index is 1.90. The highest BCUT2D eigenvalue weighted by molar-refractivity contribution is 6.02. The maximum atomic E-state index is 12.2. The number of carboxylic acid groups (broad SMARTS) is 1. The van der Waals surface area contributed by atoms with Crippen molar-refractivity contribution in [1.29, 1.82) is 0 Å². The van der Waals surface area contributed by atoms with Gasteiger partial charge in [0.1, 0.15) is 11.1 Å². The fraction of sp³-hybridized carbons (Fsp3) is 0.333. The molecular formula is C12H12N4O3. The Labute approximate surface area is 108 Å². The van der Waals surface area contributed by atoms with E-state index in [9.17, 15) is 14.7 Å². The van der Waals surface area contributed by atoms with Gasteiger partial charge in [-0.1, -0.05) is 0 Å². The van der Waals surface area contributed by atoms with Crippen molar-refractivity contribution in [2.45, 2.75) is 24.8 Å². The van der Waals surface area contributed by atoms with Crippen molar-refractivity contribution >= 4 is 17.5 Å². The van der Waals surface area contributed by atoms with Gasteiger partial charge in [0.25, 0.3) is 5.91 Å². The maximum Gasteiger partial charge on any atom is 0.329 e. The molecular weight excluding hydrogens is 248 g/mol. The number of carbonyl (C=O) groups excluding carboxylic acids is 1. The number of aliphatic carboxylic acids is 1. The predicted octanol–water partition coefficient (Wildman–Crippen LogP) is 0.466. The van der Waals surface area contributed by atoms with E-state index in [1.54, 1.807) is 18.5 Å². The summed E-state index contributed by atoms with van der Waals surface area (Å²) < 4.78 is 1.48. The second-order valence-electron chi connectivity index (χ2n) is 4.64. The first kappa shape index (κ1) is 11.6. The second kappa shape index (κ2) is 4.04. The Hall–Kier alpha value is -2.44. The first-order valence-electron chi connectivity index (χ1n) is 5.97. The van der Waals surface area contributed by atoms with Gasteiger partial charge in [-0.2, -0.15) is 5.10 Å². The molecule has 0 unspecified atom stereocenters. The number of hydrogen-bond acceptors (Lipinski definition) is 4. The molecule has 1 aliphatic rings. The first-order valence-corrected chi connectivity index (χ1v) is 5.97. The van der Waals surface area contributed by atoms with Gasteiger partial charge in [0.15, 0.2) is 5.65 Å². The average Bonchev–Trinajstić information content (AvgIpc) is 2.77. The number of hydrogen-bond donors (Lipinski definition) is 2. The van der Waals surface area contributed by atoms with E-state index >= 15 is 0 Å². The van der Waals surface area contributed by atoms with Crippen LogP contribution in [-0.4, -0.2) is 37.1 Å². The third-order valence-corrected chi connectivity index (χ3v) is 3.49. The molecule has 2 aromatic heterocycles. The second-order valence-corrected chi connectivity index (χ2v) is 4.64. The van der Waals surface area contributed by atoms with Gasteiger partial charge in [0.05, 0.1) is 6.20 Å².